The van der Waals surface area contributed by atoms with E-state index in [1.807, 2.05) is 36.7 Å². The van der Waals surface area contributed by atoms with Crippen LogP contribution in [0.2, 0.25) is 0 Å². The number of halogens is 2. The highest BCUT2D eigenvalue weighted by atomic mass is 79.9. The van der Waals surface area contributed by atoms with E-state index in [-0.39, 0.29) is 0 Å². The molecule has 0 aliphatic carbocycles. The predicted molar refractivity (Wildman–Crippen MR) is 80.4 cm³/mol. The first-order valence-electron chi connectivity index (χ1n) is 5.40. The van der Waals surface area contributed by atoms with Gasteiger partial charge in [0.25, 0.3) is 0 Å². The average molecular weight is 364 g/mol. The lowest BCUT2D eigenvalue weighted by Gasteiger charge is -2.07. The first-order valence-corrected chi connectivity index (χ1v) is 6.99. The molecule has 0 aliphatic heterocycles. The number of aromatic nitrogens is 2. The zero-order valence-corrected chi connectivity index (χ0v) is 12.4. The Kier molecular flexibility index (Phi) is 3.14. The van der Waals surface area contributed by atoms with Crippen LogP contribution in [0.3, 0.4) is 0 Å². The lowest BCUT2D eigenvalue weighted by Crippen LogP contribution is -1.86. The fourth-order valence-electron chi connectivity index (χ4n) is 1.97. The minimum absolute atomic E-state index is 0.805. The van der Waals surface area contributed by atoms with Gasteiger partial charge in [0, 0.05) is 23.3 Å². The van der Waals surface area contributed by atoms with Crippen LogP contribution in [0.5, 0.6) is 0 Å². The third kappa shape index (κ3) is 2.18. The van der Waals surface area contributed by atoms with Crippen molar-refractivity contribution in [1.82, 2.24) is 9.97 Å². The second-order valence-electron chi connectivity index (χ2n) is 3.91. The molecule has 88 valence electrons. The van der Waals surface area contributed by atoms with Crippen molar-refractivity contribution in [2.45, 2.75) is 0 Å². The van der Waals surface area contributed by atoms with Gasteiger partial charge in [-0.05, 0) is 54.9 Å². The van der Waals surface area contributed by atoms with Crippen molar-refractivity contribution >= 4 is 42.6 Å². The van der Waals surface area contributed by atoms with Crippen molar-refractivity contribution in [2.75, 3.05) is 0 Å². The molecule has 18 heavy (non-hydrogen) atoms. The monoisotopic (exact) mass is 362 g/mol. The summed E-state index contributed by atoms with van der Waals surface area (Å²) in [5.41, 5.74) is 2.20. The molecular formula is C14H8Br2N2. The van der Waals surface area contributed by atoms with Gasteiger partial charge in [-0.2, -0.15) is 0 Å². The van der Waals surface area contributed by atoms with Crippen molar-refractivity contribution in [3.8, 4) is 11.1 Å². The van der Waals surface area contributed by atoms with Gasteiger partial charge < -0.3 is 0 Å². The number of fused-ring (bicyclic) bond motifs is 1. The second kappa shape index (κ2) is 4.78. The summed E-state index contributed by atoms with van der Waals surface area (Å²) < 4.78 is 1.61. The summed E-state index contributed by atoms with van der Waals surface area (Å²) in [5.74, 6) is 0. The molecule has 0 N–H and O–H groups in total. The van der Waals surface area contributed by atoms with Gasteiger partial charge in [-0.3, -0.25) is 4.98 Å². The first-order chi connectivity index (χ1) is 8.74. The molecule has 3 rings (SSSR count). The third-order valence-corrected chi connectivity index (χ3v) is 3.55. The van der Waals surface area contributed by atoms with Gasteiger partial charge in [-0.25, -0.2) is 4.98 Å². The smallest absolute Gasteiger partial charge is 0.108 e. The summed E-state index contributed by atoms with van der Waals surface area (Å²) in [7, 11) is 0. The number of benzene rings is 1. The molecule has 4 heteroatoms. The molecule has 2 nitrogen and oxygen atoms in total. The molecule has 2 aromatic heterocycles. The highest BCUT2D eigenvalue weighted by Crippen LogP contribution is 2.30. The summed E-state index contributed by atoms with van der Waals surface area (Å²) in [5, 5.41) is 2.33. The maximum Gasteiger partial charge on any atom is 0.108 e. The second-order valence-corrected chi connectivity index (χ2v) is 5.53. The van der Waals surface area contributed by atoms with Crippen molar-refractivity contribution in [3.63, 3.8) is 0 Å². The molecule has 0 amide bonds. The Balaban J connectivity index is 2.31. The standard InChI is InChI=1S/C14H8Br2N2/c15-13-5-10(6-14(16)18-13)12-8-17-7-9-3-1-2-4-11(9)12/h1-8H. The quantitative estimate of drug-likeness (QED) is 0.579. The van der Waals surface area contributed by atoms with Gasteiger partial charge in [0.05, 0.1) is 0 Å². The van der Waals surface area contributed by atoms with Crippen LogP contribution in [-0.2, 0) is 0 Å². The van der Waals surface area contributed by atoms with E-state index in [4.69, 9.17) is 0 Å². The normalized spacial score (nSPS) is 10.8. The number of rotatable bonds is 1. The Bertz CT molecular complexity index is 700. The van der Waals surface area contributed by atoms with Gasteiger partial charge >= 0.3 is 0 Å². The molecular weight excluding hydrogens is 356 g/mol. The van der Waals surface area contributed by atoms with Crippen LogP contribution >= 0.6 is 31.9 Å². The van der Waals surface area contributed by atoms with E-state index in [1.165, 1.54) is 5.39 Å². The zero-order valence-electron chi connectivity index (χ0n) is 9.27. The van der Waals surface area contributed by atoms with Crippen molar-refractivity contribution in [1.29, 1.82) is 0 Å². The van der Waals surface area contributed by atoms with Crippen LogP contribution in [0.15, 0.2) is 58.0 Å². The lowest BCUT2D eigenvalue weighted by atomic mass is 10.0. The Morgan fingerprint density at radius 3 is 2.39 bits per heavy atom. The van der Waals surface area contributed by atoms with Crippen molar-refractivity contribution in [2.24, 2.45) is 0 Å². The topological polar surface area (TPSA) is 25.8 Å². The number of hydrogen-bond acceptors (Lipinski definition) is 2. The molecule has 0 aliphatic rings. The maximum absolute atomic E-state index is 4.30. The highest BCUT2D eigenvalue weighted by Gasteiger charge is 2.06. The molecule has 0 radical (unpaired) electrons. The van der Waals surface area contributed by atoms with E-state index in [9.17, 15) is 0 Å². The predicted octanol–water partition coefficient (Wildman–Crippen LogP) is 4.82. The van der Waals surface area contributed by atoms with E-state index >= 15 is 0 Å². The van der Waals surface area contributed by atoms with E-state index in [2.05, 4.69) is 54.0 Å². The Labute approximate surface area is 121 Å². The third-order valence-electron chi connectivity index (χ3n) is 2.74. The van der Waals surface area contributed by atoms with Gasteiger partial charge in [-0.15, -0.1) is 0 Å². The van der Waals surface area contributed by atoms with Crippen LogP contribution in [0.1, 0.15) is 0 Å². The average Bonchev–Trinajstić information content (AvgIpc) is 2.37. The molecule has 0 unspecified atom stereocenters. The molecule has 3 aromatic rings. The molecule has 0 saturated heterocycles. The highest BCUT2D eigenvalue weighted by molar-refractivity contribution is 9.11. The van der Waals surface area contributed by atoms with Gasteiger partial charge in [0.2, 0.25) is 0 Å². The van der Waals surface area contributed by atoms with Crippen LogP contribution < -0.4 is 0 Å². The molecule has 2 heterocycles. The van der Waals surface area contributed by atoms with E-state index < -0.39 is 0 Å². The number of hydrogen-bond donors (Lipinski definition) is 0. The fraction of sp³-hybridized carbons (Fsp3) is 0. The first kappa shape index (κ1) is 11.8. The van der Waals surface area contributed by atoms with Gasteiger partial charge in [0.15, 0.2) is 0 Å². The van der Waals surface area contributed by atoms with Crippen molar-refractivity contribution < 1.29 is 0 Å². The summed E-state index contributed by atoms with van der Waals surface area (Å²) in [4.78, 5) is 8.55. The fourth-order valence-corrected chi connectivity index (χ4v) is 3.08. The zero-order chi connectivity index (χ0) is 12.5. The molecule has 0 bridgehead atoms. The molecule has 1 aromatic carbocycles. The Morgan fingerprint density at radius 2 is 1.61 bits per heavy atom. The SMILES string of the molecule is Brc1cc(-c2cncc3ccccc23)cc(Br)n1. The minimum Gasteiger partial charge on any atom is -0.263 e. The van der Waals surface area contributed by atoms with E-state index in [1.54, 1.807) is 0 Å². The van der Waals surface area contributed by atoms with Crippen LogP contribution in [0.25, 0.3) is 21.9 Å². The van der Waals surface area contributed by atoms with Crippen LogP contribution in [0, 0.1) is 0 Å². The summed E-state index contributed by atoms with van der Waals surface area (Å²) >= 11 is 6.83. The summed E-state index contributed by atoms with van der Waals surface area (Å²) in [6.07, 6.45) is 3.76. The number of pyridine rings is 2. The Morgan fingerprint density at radius 1 is 0.889 bits per heavy atom. The minimum atomic E-state index is 0.805. The lowest BCUT2D eigenvalue weighted by molar-refractivity contribution is 1.23. The van der Waals surface area contributed by atoms with E-state index in [0.717, 1.165) is 25.7 Å². The number of nitrogens with zero attached hydrogens (tertiary/aromatic N) is 2. The maximum atomic E-state index is 4.30. The summed E-state index contributed by atoms with van der Waals surface area (Å²) in [6.45, 7) is 0. The Hall–Kier alpha value is -1.26. The van der Waals surface area contributed by atoms with Crippen LogP contribution in [-0.4, -0.2) is 9.97 Å². The van der Waals surface area contributed by atoms with E-state index in [0.29, 0.717) is 0 Å². The molecule has 0 fully saturated rings. The molecule has 0 atom stereocenters. The van der Waals surface area contributed by atoms with Crippen molar-refractivity contribution in [3.05, 3.63) is 58.0 Å². The van der Waals surface area contributed by atoms with Gasteiger partial charge in [-0.1, -0.05) is 24.3 Å². The molecule has 0 spiro atoms. The largest absolute Gasteiger partial charge is 0.263 e. The van der Waals surface area contributed by atoms with Gasteiger partial charge in [0.1, 0.15) is 9.21 Å². The van der Waals surface area contributed by atoms with Crippen LogP contribution in [0.4, 0.5) is 0 Å². The molecule has 0 saturated carbocycles. The summed E-state index contributed by atoms with van der Waals surface area (Å²) in [6, 6.07) is 12.2.